The summed E-state index contributed by atoms with van der Waals surface area (Å²) in [6.45, 7) is 4.74. The van der Waals surface area contributed by atoms with Gasteiger partial charge in [0.15, 0.2) is 17.0 Å². The number of aryl methyl sites for hydroxylation is 1. The quantitative estimate of drug-likeness (QED) is 0.498. The molecule has 1 aromatic carbocycles. The molecule has 0 aliphatic rings. The zero-order valence-electron chi connectivity index (χ0n) is 15.5. The van der Waals surface area contributed by atoms with Gasteiger partial charge in [0.05, 0.1) is 0 Å². The molecule has 0 radical (unpaired) electrons. The van der Waals surface area contributed by atoms with Crippen LogP contribution in [0.4, 0.5) is 0 Å². The second kappa shape index (κ2) is 6.19. The monoisotopic (exact) mass is 430 g/mol. The number of imidazole rings is 1. The van der Waals surface area contributed by atoms with Gasteiger partial charge < -0.3 is 4.57 Å². The van der Waals surface area contributed by atoms with E-state index in [-0.39, 0.29) is 11.2 Å². The summed E-state index contributed by atoms with van der Waals surface area (Å²) < 4.78 is 7.22. The predicted octanol–water partition coefficient (Wildman–Crippen LogP) is 2.17. The van der Waals surface area contributed by atoms with Gasteiger partial charge in [0.2, 0.25) is 5.78 Å². The SMILES string of the molecule is CC(C)Cn1c2c(=O)n(C)c(=O)n(C)c2n2c(-c3ccc(Br)cc3)nnc12. The number of nitrogens with zero attached hydrogens (tertiary/aromatic N) is 6. The molecular weight excluding hydrogens is 412 g/mol. The summed E-state index contributed by atoms with van der Waals surface area (Å²) in [7, 11) is 3.15. The van der Waals surface area contributed by atoms with Crippen LogP contribution in [0.5, 0.6) is 0 Å². The summed E-state index contributed by atoms with van der Waals surface area (Å²) in [5.74, 6) is 1.43. The molecule has 140 valence electrons. The van der Waals surface area contributed by atoms with E-state index in [1.165, 1.54) is 11.6 Å². The maximum Gasteiger partial charge on any atom is 0.332 e. The van der Waals surface area contributed by atoms with Crippen molar-refractivity contribution in [2.75, 3.05) is 0 Å². The van der Waals surface area contributed by atoms with Crippen LogP contribution in [0.3, 0.4) is 0 Å². The molecule has 27 heavy (non-hydrogen) atoms. The van der Waals surface area contributed by atoms with Crippen molar-refractivity contribution in [1.82, 2.24) is 28.3 Å². The number of halogens is 1. The third kappa shape index (κ3) is 2.56. The Kier molecular flexibility index (Phi) is 4.06. The molecule has 3 heterocycles. The van der Waals surface area contributed by atoms with Gasteiger partial charge in [-0.3, -0.25) is 13.9 Å². The predicted molar refractivity (Wildman–Crippen MR) is 107 cm³/mol. The van der Waals surface area contributed by atoms with Crippen LogP contribution >= 0.6 is 15.9 Å². The van der Waals surface area contributed by atoms with Crippen molar-refractivity contribution in [1.29, 1.82) is 0 Å². The molecule has 0 fully saturated rings. The number of aromatic nitrogens is 6. The second-order valence-corrected chi connectivity index (χ2v) is 7.96. The van der Waals surface area contributed by atoms with Crippen LogP contribution in [0.1, 0.15) is 13.8 Å². The van der Waals surface area contributed by atoms with Gasteiger partial charge in [0.1, 0.15) is 0 Å². The molecule has 9 heteroatoms. The molecule has 0 atom stereocenters. The highest BCUT2D eigenvalue weighted by Crippen LogP contribution is 2.26. The van der Waals surface area contributed by atoms with Gasteiger partial charge in [-0.25, -0.2) is 9.20 Å². The lowest BCUT2D eigenvalue weighted by molar-refractivity contribution is 0.538. The number of fused-ring (bicyclic) bond motifs is 3. The first-order valence-corrected chi connectivity index (χ1v) is 9.39. The highest BCUT2D eigenvalue weighted by atomic mass is 79.9. The van der Waals surface area contributed by atoms with Gasteiger partial charge in [0, 0.05) is 30.7 Å². The topological polar surface area (TPSA) is 79.1 Å². The lowest BCUT2D eigenvalue weighted by atomic mass is 10.2. The first-order chi connectivity index (χ1) is 12.8. The standard InChI is InChI=1S/C18H19BrN6O2/c1-10(2)9-24-13-15(22(3)18(27)23(4)16(13)26)25-14(20-21-17(24)25)11-5-7-12(19)8-6-11/h5-8,10H,9H2,1-4H3. The molecule has 3 aromatic heterocycles. The largest absolute Gasteiger partial charge is 0.332 e. The fourth-order valence-electron chi connectivity index (χ4n) is 3.38. The average molecular weight is 431 g/mol. The fraction of sp³-hybridized carbons (Fsp3) is 0.333. The van der Waals surface area contributed by atoms with Gasteiger partial charge >= 0.3 is 5.69 Å². The van der Waals surface area contributed by atoms with E-state index in [1.54, 1.807) is 11.4 Å². The van der Waals surface area contributed by atoms with Gasteiger partial charge in [-0.2, -0.15) is 0 Å². The highest BCUT2D eigenvalue weighted by Gasteiger charge is 2.24. The van der Waals surface area contributed by atoms with Crippen LogP contribution in [-0.2, 0) is 20.6 Å². The van der Waals surface area contributed by atoms with Crippen LogP contribution in [0.25, 0.3) is 28.3 Å². The van der Waals surface area contributed by atoms with Crippen molar-refractivity contribution < 1.29 is 0 Å². The summed E-state index contributed by atoms with van der Waals surface area (Å²) >= 11 is 3.43. The molecule has 0 amide bonds. The lowest BCUT2D eigenvalue weighted by Crippen LogP contribution is -2.38. The van der Waals surface area contributed by atoms with E-state index in [9.17, 15) is 9.59 Å². The van der Waals surface area contributed by atoms with E-state index in [1.807, 2.05) is 28.8 Å². The number of hydrogen-bond donors (Lipinski definition) is 0. The molecule has 0 saturated heterocycles. The molecular formula is C18H19BrN6O2. The van der Waals surface area contributed by atoms with E-state index in [0.717, 1.165) is 14.6 Å². The molecule has 0 unspecified atom stereocenters. The van der Waals surface area contributed by atoms with Crippen LogP contribution in [0, 0.1) is 5.92 Å². The van der Waals surface area contributed by atoms with Crippen LogP contribution in [-0.4, -0.2) is 28.3 Å². The van der Waals surface area contributed by atoms with E-state index in [0.29, 0.717) is 35.2 Å². The van der Waals surface area contributed by atoms with Gasteiger partial charge in [-0.05, 0) is 18.1 Å². The number of benzene rings is 1. The lowest BCUT2D eigenvalue weighted by Gasteiger charge is -2.09. The average Bonchev–Trinajstić information content (AvgIpc) is 3.18. The van der Waals surface area contributed by atoms with Crippen molar-refractivity contribution in [3.8, 4) is 11.4 Å². The third-order valence-corrected chi connectivity index (χ3v) is 5.16. The molecule has 0 aliphatic heterocycles. The minimum Gasteiger partial charge on any atom is -0.302 e. The summed E-state index contributed by atoms with van der Waals surface area (Å²) in [5, 5.41) is 8.70. The van der Waals surface area contributed by atoms with Crippen LogP contribution < -0.4 is 11.2 Å². The minimum absolute atomic E-state index is 0.291. The van der Waals surface area contributed by atoms with E-state index < -0.39 is 0 Å². The van der Waals surface area contributed by atoms with Gasteiger partial charge in [-0.15, -0.1) is 10.2 Å². The molecule has 8 nitrogen and oxygen atoms in total. The van der Waals surface area contributed by atoms with E-state index in [4.69, 9.17) is 0 Å². The molecule has 4 aromatic rings. The molecule has 0 aliphatic carbocycles. The van der Waals surface area contributed by atoms with Gasteiger partial charge in [0.25, 0.3) is 5.56 Å². The fourth-order valence-corrected chi connectivity index (χ4v) is 3.64. The first-order valence-electron chi connectivity index (χ1n) is 8.60. The normalized spacial score (nSPS) is 11.9. The summed E-state index contributed by atoms with van der Waals surface area (Å²) in [5.41, 5.74) is 1.09. The third-order valence-electron chi connectivity index (χ3n) is 4.63. The molecule has 4 rings (SSSR count). The second-order valence-electron chi connectivity index (χ2n) is 7.05. The van der Waals surface area contributed by atoms with E-state index in [2.05, 4.69) is 40.0 Å². The molecule has 0 N–H and O–H groups in total. The Hall–Kier alpha value is -2.68. The number of rotatable bonds is 3. The van der Waals surface area contributed by atoms with Crippen molar-refractivity contribution in [3.05, 3.63) is 49.6 Å². The summed E-state index contributed by atoms with van der Waals surface area (Å²) in [6, 6.07) is 7.68. The summed E-state index contributed by atoms with van der Waals surface area (Å²) in [4.78, 5) is 25.5. The van der Waals surface area contributed by atoms with Crippen LogP contribution in [0.2, 0.25) is 0 Å². The maximum absolute atomic E-state index is 12.9. The Balaban J connectivity index is 2.21. The Morgan fingerprint density at radius 1 is 1.04 bits per heavy atom. The van der Waals surface area contributed by atoms with Crippen molar-refractivity contribution >= 4 is 32.9 Å². The first kappa shape index (κ1) is 17.7. The Labute approximate surface area is 162 Å². The Bertz CT molecular complexity index is 1290. The zero-order chi connectivity index (χ0) is 19.5. The molecule has 0 bridgehead atoms. The maximum atomic E-state index is 12.9. The zero-order valence-corrected chi connectivity index (χ0v) is 17.1. The molecule has 0 spiro atoms. The number of hydrogen-bond acceptors (Lipinski definition) is 4. The Morgan fingerprint density at radius 2 is 1.70 bits per heavy atom. The summed E-state index contributed by atoms with van der Waals surface area (Å²) in [6.07, 6.45) is 0. The van der Waals surface area contributed by atoms with Crippen molar-refractivity contribution in [3.63, 3.8) is 0 Å². The van der Waals surface area contributed by atoms with Crippen LogP contribution in [0.15, 0.2) is 38.3 Å². The van der Waals surface area contributed by atoms with Gasteiger partial charge in [-0.1, -0.05) is 41.9 Å². The van der Waals surface area contributed by atoms with Crippen molar-refractivity contribution in [2.24, 2.45) is 20.0 Å². The van der Waals surface area contributed by atoms with E-state index >= 15 is 0 Å². The smallest absolute Gasteiger partial charge is 0.302 e. The highest BCUT2D eigenvalue weighted by molar-refractivity contribution is 9.10. The van der Waals surface area contributed by atoms with Crippen molar-refractivity contribution in [2.45, 2.75) is 20.4 Å². The minimum atomic E-state index is -0.383. The Morgan fingerprint density at radius 3 is 2.33 bits per heavy atom. The molecule has 0 saturated carbocycles.